The lowest BCUT2D eigenvalue weighted by molar-refractivity contribution is -0.121. The Labute approximate surface area is 158 Å². The van der Waals surface area contributed by atoms with E-state index in [-0.39, 0.29) is 36.6 Å². The Hall–Kier alpha value is -3.15. The summed E-state index contributed by atoms with van der Waals surface area (Å²) in [7, 11) is 0. The smallest absolute Gasteiger partial charge is 0.251 e. The van der Waals surface area contributed by atoms with Crippen molar-refractivity contribution >= 4 is 23.4 Å². The van der Waals surface area contributed by atoms with Crippen molar-refractivity contribution in [2.75, 3.05) is 11.9 Å². The third kappa shape index (κ3) is 5.95. The molecule has 2 aromatic carbocycles. The highest BCUT2D eigenvalue weighted by Crippen LogP contribution is 2.30. The van der Waals surface area contributed by atoms with Crippen molar-refractivity contribution in [3.8, 4) is 0 Å². The Morgan fingerprint density at radius 2 is 1.59 bits per heavy atom. The van der Waals surface area contributed by atoms with E-state index in [9.17, 15) is 14.4 Å². The number of nitrogens with one attached hydrogen (secondary N) is 3. The molecule has 0 atom stereocenters. The summed E-state index contributed by atoms with van der Waals surface area (Å²) in [4.78, 5) is 35.7. The second-order valence-corrected chi connectivity index (χ2v) is 6.61. The van der Waals surface area contributed by atoms with E-state index in [1.54, 1.807) is 24.3 Å². The van der Waals surface area contributed by atoms with E-state index in [2.05, 4.69) is 16.0 Å². The highest BCUT2D eigenvalue weighted by atomic mass is 16.2. The molecule has 0 aliphatic heterocycles. The van der Waals surface area contributed by atoms with Gasteiger partial charge in [0.25, 0.3) is 5.91 Å². The molecule has 1 aliphatic carbocycles. The highest BCUT2D eigenvalue weighted by molar-refractivity contribution is 5.96. The molecule has 6 nitrogen and oxygen atoms in total. The molecule has 0 aromatic heterocycles. The van der Waals surface area contributed by atoms with Gasteiger partial charge in [0.1, 0.15) is 0 Å². The number of rotatable bonds is 8. The van der Waals surface area contributed by atoms with Gasteiger partial charge in [-0.15, -0.1) is 0 Å². The molecule has 2 aromatic rings. The van der Waals surface area contributed by atoms with Crippen molar-refractivity contribution in [3.05, 3.63) is 65.7 Å². The van der Waals surface area contributed by atoms with Crippen LogP contribution in [0, 0.1) is 5.92 Å². The van der Waals surface area contributed by atoms with Crippen LogP contribution in [0.4, 0.5) is 5.69 Å². The van der Waals surface area contributed by atoms with Crippen LogP contribution in [0.15, 0.2) is 54.6 Å². The molecule has 0 heterocycles. The van der Waals surface area contributed by atoms with Crippen LogP contribution in [0.2, 0.25) is 0 Å². The van der Waals surface area contributed by atoms with Crippen molar-refractivity contribution in [2.24, 2.45) is 5.92 Å². The van der Waals surface area contributed by atoms with Crippen LogP contribution in [-0.2, 0) is 16.1 Å². The molecule has 1 fully saturated rings. The number of hydrogen-bond donors (Lipinski definition) is 3. The molecule has 140 valence electrons. The predicted molar refractivity (Wildman–Crippen MR) is 103 cm³/mol. The molecule has 0 saturated heterocycles. The maximum atomic E-state index is 12.1. The minimum Gasteiger partial charge on any atom is -0.352 e. The first-order valence-electron chi connectivity index (χ1n) is 9.11. The SMILES string of the molecule is O=C(CCNC(=O)c1ccc(NC(=O)C2CC2)cc1)NCc1ccccc1. The Morgan fingerprint density at radius 3 is 2.26 bits per heavy atom. The van der Waals surface area contributed by atoms with Gasteiger partial charge in [-0.25, -0.2) is 0 Å². The van der Waals surface area contributed by atoms with Gasteiger partial charge in [0.2, 0.25) is 11.8 Å². The number of carbonyl (C=O) groups excluding carboxylic acids is 3. The van der Waals surface area contributed by atoms with E-state index in [0.717, 1.165) is 18.4 Å². The van der Waals surface area contributed by atoms with Crippen molar-refractivity contribution in [1.82, 2.24) is 10.6 Å². The molecular formula is C21H23N3O3. The van der Waals surface area contributed by atoms with Crippen molar-refractivity contribution < 1.29 is 14.4 Å². The van der Waals surface area contributed by atoms with E-state index in [0.29, 0.717) is 17.8 Å². The molecule has 3 rings (SSSR count). The summed E-state index contributed by atoms with van der Waals surface area (Å²) in [5, 5.41) is 8.38. The van der Waals surface area contributed by atoms with E-state index in [1.165, 1.54) is 0 Å². The van der Waals surface area contributed by atoms with E-state index >= 15 is 0 Å². The Kier molecular flexibility index (Phi) is 6.20. The first-order valence-corrected chi connectivity index (χ1v) is 9.11. The number of benzene rings is 2. The molecule has 0 spiro atoms. The molecule has 27 heavy (non-hydrogen) atoms. The van der Waals surface area contributed by atoms with Crippen molar-refractivity contribution in [2.45, 2.75) is 25.8 Å². The fraction of sp³-hybridized carbons (Fsp3) is 0.286. The lowest BCUT2D eigenvalue weighted by Gasteiger charge is -2.08. The Balaban J connectivity index is 1.37. The quantitative estimate of drug-likeness (QED) is 0.672. The molecular weight excluding hydrogens is 342 g/mol. The van der Waals surface area contributed by atoms with Gasteiger partial charge >= 0.3 is 0 Å². The Bertz CT molecular complexity index is 799. The monoisotopic (exact) mass is 365 g/mol. The number of anilines is 1. The zero-order valence-electron chi connectivity index (χ0n) is 15.0. The standard InChI is InChI=1S/C21H23N3O3/c25-19(23-14-15-4-2-1-3-5-15)12-13-22-20(26)16-8-10-18(11-9-16)24-21(27)17-6-7-17/h1-5,8-11,17H,6-7,12-14H2,(H,22,26)(H,23,25)(H,24,27). The van der Waals surface area contributed by atoms with Gasteiger partial charge in [-0.1, -0.05) is 30.3 Å². The van der Waals surface area contributed by atoms with Crippen LogP contribution in [0.5, 0.6) is 0 Å². The summed E-state index contributed by atoms with van der Waals surface area (Å²) >= 11 is 0. The third-order valence-corrected chi connectivity index (χ3v) is 4.33. The Morgan fingerprint density at radius 1 is 0.889 bits per heavy atom. The van der Waals surface area contributed by atoms with Crippen LogP contribution >= 0.6 is 0 Å². The van der Waals surface area contributed by atoms with Crippen LogP contribution in [0.1, 0.15) is 35.2 Å². The summed E-state index contributed by atoms with van der Waals surface area (Å²) in [6.07, 6.45) is 2.12. The van der Waals surface area contributed by atoms with Crippen LogP contribution in [0.3, 0.4) is 0 Å². The van der Waals surface area contributed by atoms with E-state index in [4.69, 9.17) is 0 Å². The van der Waals surface area contributed by atoms with Gasteiger partial charge < -0.3 is 16.0 Å². The minimum atomic E-state index is -0.245. The number of amides is 3. The van der Waals surface area contributed by atoms with Gasteiger partial charge in [-0.3, -0.25) is 14.4 Å². The maximum absolute atomic E-state index is 12.1. The summed E-state index contributed by atoms with van der Waals surface area (Å²) in [5.74, 6) is -0.182. The van der Waals surface area contributed by atoms with Gasteiger partial charge in [0, 0.05) is 36.7 Å². The molecule has 3 amide bonds. The second kappa shape index (κ2) is 8.98. The minimum absolute atomic E-state index is 0.0358. The second-order valence-electron chi connectivity index (χ2n) is 6.61. The third-order valence-electron chi connectivity index (χ3n) is 4.33. The fourth-order valence-electron chi connectivity index (χ4n) is 2.57. The zero-order chi connectivity index (χ0) is 19.1. The normalized spacial score (nSPS) is 12.9. The molecule has 1 aliphatic rings. The molecule has 3 N–H and O–H groups in total. The van der Waals surface area contributed by atoms with Gasteiger partial charge in [0.05, 0.1) is 0 Å². The first-order chi connectivity index (χ1) is 13.1. The first kappa shape index (κ1) is 18.6. The topological polar surface area (TPSA) is 87.3 Å². The van der Waals surface area contributed by atoms with Crippen LogP contribution in [0.25, 0.3) is 0 Å². The van der Waals surface area contributed by atoms with Crippen molar-refractivity contribution in [3.63, 3.8) is 0 Å². The summed E-state index contributed by atoms with van der Waals surface area (Å²) in [5.41, 5.74) is 2.21. The predicted octanol–water partition coefficient (Wildman–Crippen LogP) is 2.47. The van der Waals surface area contributed by atoms with Crippen LogP contribution in [-0.4, -0.2) is 24.3 Å². The summed E-state index contributed by atoms with van der Waals surface area (Å²) < 4.78 is 0. The number of carbonyl (C=O) groups is 3. The lowest BCUT2D eigenvalue weighted by Crippen LogP contribution is -2.30. The lowest BCUT2D eigenvalue weighted by atomic mass is 10.2. The maximum Gasteiger partial charge on any atom is 0.251 e. The van der Waals surface area contributed by atoms with E-state index in [1.807, 2.05) is 30.3 Å². The summed E-state index contributed by atoms with van der Waals surface area (Å²) in [6.45, 7) is 0.737. The highest BCUT2D eigenvalue weighted by Gasteiger charge is 2.29. The summed E-state index contributed by atoms with van der Waals surface area (Å²) in [6, 6.07) is 16.4. The number of hydrogen-bond acceptors (Lipinski definition) is 3. The molecule has 6 heteroatoms. The van der Waals surface area contributed by atoms with Crippen LogP contribution < -0.4 is 16.0 Å². The van der Waals surface area contributed by atoms with Gasteiger partial charge in [-0.2, -0.15) is 0 Å². The fourth-order valence-corrected chi connectivity index (χ4v) is 2.57. The largest absolute Gasteiger partial charge is 0.352 e. The average molecular weight is 365 g/mol. The molecule has 0 radical (unpaired) electrons. The zero-order valence-corrected chi connectivity index (χ0v) is 15.0. The van der Waals surface area contributed by atoms with Gasteiger partial charge in [0.15, 0.2) is 0 Å². The van der Waals surface area contributed by atoms with Gasteiger partial charge in [-0.05, 0) is 42.7 Å². The molecule has 0 bridgehead atoms. The van der Waals surface area contributed by atoms with Crippen molar-refractivity contribution in [1.29, 1.82) is 0 Å². The van der Waals surface area contributed by atoms with E-state index < -0.39 is 0 Å². The molecule has 1 saturated carbocycles. The molecule has 0 unspecified atom stereocenters. The average Bonchev–Trinajstić information content (AvgIpc) is 3.53.